The Morgan fingerprint density at radius 2 is 1.91 bits per heavy atom. The number of nitrogens with one attached hydrogen (secondary N) is 3. The molecule has 1 aromatic carbocycles. The van der Waals surface area contributed by atoms with Gasteiger partial charge in [0.25, 0.3) is 0 Å². The van der Waals surface area contributed by atoms with E-state index in [-0.39, 0.29) is 0 Å². The van der Waals surface area contributed by atoms with Crippen LogP contribution < -0.4 is 16.0 Å². The summed E-state index contributed by atoms with van der Waals surface area (Å²) in [6.45, 7) is 0. The molecule has 7 nitrogen and oxygen atoms in total. The highest BCUT2D eigenvalue weighted by molar-refractivity contribution is 8.01. The molecule has 116 valence electrons. The highest BCUT2D eigenvalue weighted by atomic mass is 32.2. The zero-order valence-corrected chi connectivity index (χ0v) is 13.6. The summed E-state index contributed by atoms with van der Waals surface area (Å²) in [5, 5.41) is 15.6. The SMILES string of the molecule is CNC(=O)NC(=O)[C@@H](Sc1nnc(NC)s1)c1ccccc1. The number of hydrogen-bond acceptors (Lipinski definition) is 7. The van der Waals surface area contributed by atoms with Gasteiger partial charge in [0.1, 0.15) is 5.25 Å². The lowest BCUT2D eigenvalue weighted by Crippen LogP contribution is -2.39. The number of anilines is 1. The summed E-state index contributed by atoms with van der Waals surface area (Å²) in [4.78, 5) is 23.7. The minimum atomic E-state index is -0.587. The number of thioether (sulfide) groups is 1. The lowest BCUT2D eigenvalue weighted by molar-refractivity contribution is -0.119. The van der Waals surface area contributed by atoms with Crippen LogP contribution in [0.1, 0.15) is 10.8 Å². The number of carbonyl (C=O) groups excluding carboxylic acids is 2. The number of benzene rings is 1. The molecule has 2 rings (SSSR count). The van der Waals surface area contributed by atoms with Crippen LogP contribution >= 0.6 is 23.1 Å². The fraction of sp³-hybridized carbons (Fsp3) is 0.231. The topological polar surface area (TPSA) is 96.0 Å². The number of aromatic nitrogens is 2. The summed E-state index contributed by atoms with van der Waals surface area (Å²) < 4.78 is 0.644. The Morgan fingerprint density at radius 1 is 1.18 bits per heavy atom. The molecule has 0 aliphatic heterocycles. The maximum atomic E-state index is 12.3. The van der Waals surface area contributed by atoms with Gasteiger partial charge in [-0.1, -0.05) is 53.4 Å². The van der Waals surface area contributed by atoms with Gasteiger partial charge in [-0.15, -0.1) is 10.2 Å². The van der Waals surface area contributed by atoms with Crippen LogP contribution in [0.2, 0.25) is 0 Å². The fourth-order valence-electron chi connectivity index (χ4n) is 1.60. The minimum absolute atomic E-state index is 0.406. The van der Waals surface area contributed by atoms with E-state index >= 15 is 0 Å². The number of rotatable bonds is 5. The van der Waals surface area contributed by atoms with Crippen molar-refractivity contribution in [1.82, 2.24) is 20.8 Å². The molecule has 0 aliphatic carbocycles. The molecule has 0 radical (unpaired) electrons. The predicted octanol–water partition coefficient (Wildman–Crippen LogP) is 1.87. The Bertz CT molecular complexity index is 647. The van der Waals surface area contributed by atoms with Gasteiger partial charge < -0.3 is 10.6 Å². The third kappa shape index (κ3) is 4.18. The molecule has 22 heavy (non-hydrogen) atoms. The highest BCUT2D eigenvalue weighted by Crippen LogP contribution is 2.37. The van der Waals surface area contributed by atoms with E-state index in [0.717, 1.165) is 5.56 Å². The monoisotopic (exact) mass is 337 g/mol. The first-order valence-corrected chi connectivity index (χ1v) is 8.09. The highest BCUT2D eigenvalue weighted by Gasteiger charge is 2.25. The number of amides is 3. The number of imide groups is 1. The van der Waals surface area contributed by atoms with Crippen molar-refractivity contribution in [1.29, 1.82) is 0 Å². The Hall–Kier alpha value is -2.13. The van der Waals surface area contributed by atoms with E-state index in [9.17, 15) is 9.59 Å². The van der Waals surface area contributed by atoms with Crippen LogP contribution in [0.5, 0.6) is 0 Å². The van der Waals surface area contributed by atoms with Gasteiger partial charge in [-0.25, -0.2) is 4.79 Å². The van der Waals surface area contributed by atoms with Crippen LogP contribution in [0.25, 0.3) is 0 Å². The molecule has 0 bridgehead atoms. The van der Waals surface area contributed by atoms with Gasteiger partial charge in [-0.2, -0.15) is 0 Å². The van der Waals surface area contributed by atoms with Crippen LogP contribution in [0, 0.1) is 0 Å². The molecule has 1 aromatic heterocycles. The van der Waals surface area contributed by atoms with Crippen molar-refractivity contribution in [2.75, 3.05) is 19.4 Å². The van der Waals surface area contributed by atoms with Gasteiger partial charge in [-0.05, 0) is 5.56 Å². The second-order valence-electron chi connectivity index (χ2n) is 4.10. The summed E-state index contributed by atoms with van der Waals surface area (Å²) in [7, 11) is 3.21. The van der Waals surface area contributed by atoms with E-state index in [4.69, 9.17) is 0 Å². The van der Waals surface area contributed by atoms with E-state index in [1.165, 1.54) is 30.1 Å². The van der Waals surface area contributed by atoms with Crippen molar-refractivity contribution in [3.05, 3.63) is 35.9 Å². The van der Waals surface area contributed by atoms with E-state index in [1.54, 1.807) is 7.05 Å². The summed E-state index contributed by atoms with van der Waals surface area (Å²) >= 11 is 2.60. The molecule has 0 saturated carbocycles. The van der Waals surface area contributed by atoms with Gasteiger partial charge in [0, 0.05) is 14.1 Å². The van der Waals surface area contributed by atoms with Crippen molar-refractivity contribution in [3.63, 3.8) is 0 Å². The summed E-state index contributed by atoms with van der Waals surface area (Å²) in [5.74, 6) is -0.406. The molecule has 0 fully saturated rings. The van der Waals surface area contributed by atoms with Gasteiger partial charge in [0.05, 0.1) is 0 Å². The van der Waals surface area contributed by atoms with Crippen molar-refractivity contribution in [2.45, 2.75) is 9.59 Å². The van der Waals surface area contributed by atoms with E-state index in [0.29, 0.717) is 9.47 Å². The molecular weight excluding hydrogens is 322 g/mol. The van der Waals surface area contributed by atoms with Crippen LogP contribution in [0.4, 0.5) is 9.93 Å². The van der Waals surface area contributed by atoms with E-state index in [2.05, 4.69) is 26.1 Å². The molecule has 1 atom stereocenters. The van der Waals surface area contributed by atoms with Gasteiger partial charge in [0.15, 0.2) is 4.34 Å². The van der Waals surface area contributed by atoms with Gasteiger partial charge in [0.2, 0.25) is 11.0 Å². The second kappa shape index (κ2) is 7.76. The molecular formula is C13H15N5O2S2. The first kappa shape index (κ1) is 16.2. The molecule has 3 amide bonds. The van der Waals surface area contributed by atoms with Crippen molar-refractivity contribution in [2.24, 2.45) is 0 Å². The quantitative estimate of drug-likeness (QED) is 0.721. The standard InChI is InChI=1S/C13H15N5O2S2/c1-14-11(20)16-10(19)9(8-6-4-3-5-7-8)21-13-18-17-12(15-2)22-13/h3-7,9H,1-2H3,(H,15,17)(H2,14,16,19,20)/t9-/m0/s1. The summed E-state index contributed by atoms with van der Waals surface area (Å²) in [6.07, 6.45) is 0. The maximum absolute atomic E-state index is 12.3. The molecule has 3 N–H and O–H groups in total. The van der Waals surface area contributed by atoms with E-state index < -0.39 is 17.2 Å². The van der Waals surface area contributed by atoms with Gasteiger partial charge in [-0.3, -0.25) is 10.1 Å². The van der Waals surface area contributed by atoms with Crippen LogP contribution in [0.15, 0.2) is 34.7 Å². The molecule has 0 saturated heterocycles. The Balaban J connectivity index is 2.21. The van der Waals surface area contributed by atoms with Crippen LogP contribution in [-0.4, -0.2) is 36.2 Å². The average Bonchev–Trinajstić information content (AvgIpc) is 3.01. The van der Waals surface area contributed by atoms with Crippen LogP contribution in [0.3, 0.4) is 0 Å². The number of hydrogen-bond donors (Lipinski definition) is 3. The Morgan fingerprint density at radius 3 is 2.50 bits per heavy atom. The third-order valence-corrected chi connectivity index (χ3v) is 4.92. The van der Waals surface area contributed by atoms with Crippen molar-refractivity contribution in [3.8, 4) is 0 Å². The molecule has 2 aromatic rings. The van der Waals surface area contributed by atoms with Crippen molar-refractivity contribution < 1.29 is 9.59 Å². The second-order valence-corrected chi connectivity index (χ2v) is 6.43. The lowest BCUT2D eigenvalue weighted by Gasteiger charge is -2.14. The largest absolute Gasteiger partial charge is 0.363 e. The van der Waals surface area contributed by atoms with Crippen LogP contribution in [-0.2, 0) is 4.79 Å². The third-order valence-electron chi connectivity index (χ3n) is 2.64. The number of nitrogens with zero attached hydrogens (tertiary/aromatic N) is 2. The first-order valence-electron chi connectivity index (χ1n) is 6.39. The first-order chi connectivity index (χ1) is 10.6. The zero-order chi connectivity index (χ0) is 15.9. The van der Waals surface area contributed by atoms with Gasteiger partial charge >= 0.3 is 6.03 Å². The zero-order valence-electron chi connectivity index (χ0n) is 12.0. The Kier molecular flexibility index (Phi) is 5.73. The average molecular weight is 337 g/mol. The van der Waals surface area contributed by atoms with E-state index in [1.807, 2.05) is 30.3 Å². The molecule has 9 heteroatoms. The molecule has 0 unspecified atom stereocenters. The normalized spacial score (nSPS) is 11.5. The number of urea groups is 1. The summed E-state index contributed by atoms with van der Waals surface area (Å²) in [5.41, 5.74) is 0.787. The molecule has 1 heterocycles. The lowest BCUT2D eigenvalue weighted by atomic mass is 10.1. The maximum Gasteiger partial charge on any atom is 0.321 e. The van der Waals surface area contributed by atoms with Crippen molar-refractivity contribution >= 4 is 40.2 Å². The summed E-state index contributed by atoms with van der Waals surface area (Å²) in [6, 6.07) is 8.68. The number of carbonyl (C=O) groups is 2. The molecule has 0 aliphatic rings. The predicted molar refractivity (Wildman–Crippen MR) is 87.1 cm³/mol. The smallest absolute Gasteiger partial charge is 0.321 e. The molecule has 0 spiro atoms. The fourth-order valence-corrected chi connectivity index (χ4v) is 3.50. The minimum Gasteiger partial charge on any atom is -0.363 e. The Labute approximate surface area is 135 Å².